The van der Waals surface area contributed by atoms with Crippen LogP contribution in [0, 0.1) is 46.3 Å². The number of carbonyl (C=O) groups is 2. The highest BCUT2D eigenvalue weighted by Crippen LogP contribution is 2.68. The minimum absolute atomic E-state index is 0.0263. The van der Waals surface area contributed by atoms with Gasteiger partial charge in [-0.25, -0.2) is 0 Å². The van der Waals surface area contributed by atoms with Crippen molar-refractivity contribution in [2.75, 3.05) is 6.61 Å². The topological polar surface area (TPSA) is 93.1 Å². The van der Waals surface area contributed by atoms with E-state index < -0.39 is 17.6 Å². The summed E-state index contributed by atoms with van der Waals surface area (Å²) in [5.74, 6) is 1.22. The van der Waals surface area contributed by atoms with Gasteiger partial charge in [0.1, 0.15) is 6.10 Å². The zero-order valence-electron chi connectivity index (χ0n) is 24.4. The average Bonchev–Trinajstić information content (AvgIpc) is 3.15. The summed E-state index contributed by atoms with van der Waals surface area (Å²) < 4.78 is 11.8. The van der Waals surface area contributed by atoms with Crippen molar-refractivity contribution in [1.29, 1.82) is 0 Å². The van der Waals surface area contributed by atoms with Crippen LogP contribution in [-0.2, 0) is 19.1 Å². The van der Waals surface area contributed by atoms with Crippen molar-refractivity contribution in [2.24, 2.45) is 46.3 Å². The first-order valence-electron chi connectivity index (χ1n) is 14.8. The third kappa shape index (κ3) is 5.24. The van der Waals surface area contributed by atoms with E-state index in [0.717, 1.165) is 44.1 Å². The van der Waals surface area contributed by atoms with Crippen LogP contribution in [0.4, 0.5) is 0 Å². The van der Waals surface area contributed by atoms with Crippen LogP contribution in [0.15, 0.2) is 23.8 Å². The third-order valence-corrected chi connectivity index (χ3v) is 11.2. The molecule has 3 saturated carbocycles. The Kier molecular flexibility index (Phi) is 8.55. The molecule has 38 heavy (non-hydrogen) atoms. The van der Waals surface area contributed by atoms with E-state index in [-0.39, 0.29) is 35.3 Å². The van der Waals surface area contributed by atoms with Gasteiger partial charge in [-0.3, -0.25) is 9.59 Å². The van der Waals surface area contributed by atoms with Gasteiger partial charge in [-0.2, -0.15) is 0 Å². The monoisotopic (exact) mass is 530 g/mol. The summed E-state index contributed by atoms with van der Waals surface area (Å²) in [6.07, 6.45) is 7.38. The molecule has 0 aromatic carbocycles. The molecule has 0 unspecified atom stereocenters. The molecule has 6 nitrogen and oxygen atoms in total. The molecule has 4 rings (SSSR count). The van der Waals surface area contributed by atoms with Crippen LogP contribution in [0.3, 0.4) is 0 Å². The zero-order valence-corrected chi connectivity index (χ0v) is 24.4. The van der Waals surface area contributed by atoms with Gasteiger partial charge < -0.3 is 19.7 Å². The molecule has 4 aliphatic rings. The second-order valence-corrected chi connectivity index (χ2v) is 13.6. The Morgan fingerprint density at radius 2 is 1.87 bits per heavy atom. The van der Waals surface area contributed by atoms with Crippen LogP contribution >= 0.6 is 0 Å². The number of hydrogen-bond acceptors (Lipinski definition) is 6. The number of carbonyl (C=O) groups excluding carboxylic acids is 2. The average molecular weight is 531 g/mol. The van der Waals surface area contributed by atoms with E-state index in [1.807, 2.05) is 0 Å². The van der Waals surface area contributed by atoms with Crippen molar-refractivity contribution in [3.63, 3.8) is 0 Å². The van der Waals surface area contributed by atoms with E-state index in [1.54, 1.807) is 0 Å². The summed E-state index contributed by atoms with van der Waals surface area (Å²) in [5, 5.41) is 21.8. The standard InChI is InChI=1S/C32H50O6/c1-18(2)19(3)8-9-22(17-37-20(4)33)26-12-13-27-25-11-10-23-14-24(35)15-29(36)32(23,7)30(25)28(38-21(5)34)16-31(26,27)6/h10,18,22,24-30,35-36H,3,8-9,11-17H2,1-2,4-7H3/t22-,24+,25-,26+,27-,28+,29-,30+,31+,32+/m0/s1. The Morgan fingerprint density at radius 3 is 2.50 bits per heavy atom. The number of hydrogen-bond donors (Lipinski definition) is 2. The molecular weight excluding hydrogens is 480 g/mol. The van der Waals surface area contributed by atoms with E-state index in [0.29, 0.717) is 43.1 Å². The van der Waals surface area contributed by atoms with Gasteiger partial charge in [-0.15, -0.1) is 0 Å². The molecule has 0 bridgehead atoms. The van der Waals surface area contributed by atoms with Crippen LogP contribution < -0.4 is 0 Å². The Labute approximate surface area is 229 Å². The van der Waals surface area contributed by atoms with Gasteiger partial charge in [0.05, 0.1) is 18.8 Å². The molecule has 0 amide bonds. The van der Waals surface area contributed by atoms with E-state index in [9.17, 15) is 19.8 Å². The normalized spacial score (nSPS) is 40.9. The van der Waals surface area contributed by atoms with Crippen molar-refractivity contribution < 1.29 is 29.3 Å². The number of esters is 2. The largest absolute Gasteiger partial charge is 0.466 e. The maximum absolute atomic E-state index is 12.4. The summed E-state index contributed by atoms with van der Waals surface area (Å²) in [6, 6.07) is 0. The molecule has 0 aliphatic heterocycles. The quantitative estimate of drug-likeness (QED) is 0.313. The highest BCUT2D eigenvalue weighted by Gasteiger charge is 2.65. The second kappa shape index (κ2) is 11.1. The molecule has 0 heterocycles. The van der Waals surface area contributed by atoms with E-state index in [4.69, 9.17) is 9.47 Å². The lowest BCUT2D eigenvalue weighted by Crippen LogP contribution is -2.61. The molecule has 0 radical (unpaired) electrons. The first-order chi connectivity index (χ1) is 17.8. The van der Waals surface area contributed by atoms with Gasteiger partial charge in [0.15, 0.2) is 0 Å². The van der Waals surface area contributed by atoms with Crippen LogP contribution in [0.2, 0.25) is 0 Å². The van der Waals surface area contributed by atoms with Crippen LogP contribution in [0.5, 0.6) is 0 Å². The van der Waals surface area contributed by atoms with Crippen molar-refractivity contribution in [1.82, 2.24) is 0 Å². The van der Waals surface area contributed by atoms with Crippen molar-refractivity contribution in [2.45, 2.75) is 111 Å². The van der Waals surface area contributed by atoms with Crippen LogP contribution in [-0.4, -0.2) is 47.1 Å². The van der Waals surface area contributed by atoms with E-state index in [1.165, 1.54) is 19.4 Å². The summed E-state index contributed by atoms with van der Waals surface area (Å²) >= 11 is 0. The number of rotatable bonds is 8. The van der Waals surface area contributed by atoms with Gasteiger partial charge in [0.2, 0.25) is 0 Å². The zero-order chi connectivity index (χ0) is 28.0. The Morgan fingerprint density at radius 1 is 1.16 bits per heavy atom. The van der Waals surface area contributed by atoms with Gasteiger partial charge in [0, 0.05) is 31.6 Å². The molecule has 10 atom stereocenters. The fraction of sp³-hybridized carbons (Fsp3) is 0.812. The second-order valence-electron chi connectivity index (χ2n) is 13.6. The molecule has 4 aliphatic carbocycles. The van der Waals surface area contributed by atoms with Crippen molar-refractivity contribution in [3.05, 3.63) is 23.8 Å². The summed E-state index contributed by atoms with van der Waals surface area (Å²) in [4.78, 5) is 24.2. The lowest BCUT2D eigenvalue weighted by molar-refractivity contribution is -0.188. The molecule has 3 fully saturated rings. The van der Waals surface area contributed by atoms with Gasteiger partial charge in [-0.05, 0) is 80.0 Å². The minimum Gasteiger partial charge on any atom is -0.466 e. The van der Waals surface area contributed by atoms with E-state index in [2.05, 4.69) is 40.3 Å². The van der Waals surface area contributed by atoms with Gasteiger partial charge in [-0.1, -0.05) is 51.5 Å². The van der Waals surface area contributed by atoms with Crippen LogP contribution in [0.1, 0.15) is 92.9 Å². The van der Waals surface area contributed by atoms with Crippen molar-refractivity contribution in [3.8, 4) is 0 Å². The molecule has 6 heteroatoms. The summed E-state index contributed by atoms with van der Waals surface area (Å²) in [7, 11) is 0. The fourth-order valence-corrected chi connectivity index (χ4v) is 9.21. The van der Waals surface area contributed by atoms with Crippen molar-refractivity contribution >= 4 is 11.9 Å². The SMILES string of the molecule is C=C(CC[C@@H](COC(C)=O)[C@H]1CC[C@H]2[C@@H]3CC=C4C[C@@H](O)C[C@H](O)[C@]4(C)[C@H]3[C@H](OC(C)=O)C[C@]12C)C(C)C. The predicted octanol–water partition coefficient (Wildman–Crippen LogP) is 5.61. The lowest BCUT2D eigenvalue weighted by atomic mass is 9.45. The fourth-order valence-electron chi connectivity index (χ4n) is 9.21. The first kappa shape index (κ1) is 29.3. The maximum Gasteiger partial charge on any atom is 0.302 e. The van der Waals surface area contributed by atoms with Crippen LogP contribution in [0.25, 0.3) is 0 Å². The molecule has 214 valence electrons. The third-order valence-electron chi connectivity index (χ3n) is 11.2. The van der Waals surface area contributed by atoms with Gasteiger partial charge in [0.25, 0.3) is 0 Å². The summed E-state index contributed by atoms with van der Waals surface area (Å²) in [6.45, 7) is 16.5. The highest BCUT2D eigenvalue weighted by molar-refractivity contribution is 5.66. The summed E-state index contributed by atoms with van der Waals surface area (Å²) in [5.41, 5.74) is 1.78. The number of aliphatic hydroxyl groups excluding tert-OH is 2. The smallest absolute Gasteiger partial charge is 0.302 e. The lowest BCUT2D eigenvalue weighted by Gasteiger charge is -2.61. The molecule has 0 saturated heterocycles. The first-order valence-corrected chi connectivity index (χ1v) is 14.8. The molecular formula is C32H50O6. The number of fused-ring (bicyclic) bond motifs is 5. The van der Waals surface area contributed by atoms with E-state index >= 15 is 0 Å². The Bertz CT molecular complexity index is 954. The number of allylic oxidation sites excluding steroid dienone is 2. The highest BCUT2D eigenvalue weighted by atomic mass is 16.5. The maximum atomic E-state index is 12.4. The molecule has 0 aromatic rings. The molecule has 2 N–H and O–H groups in total. The number of ether oxygens (including phenoxy) is 2. The molecule has 0 aromatic heterocycles. The number of aliphatic hydroxyl groups is 2. The minimum atomic E-state index is -0.663. The Balaban J connectivity index is 1.68. The Hall–Kier alpha value is -1.66. The predicted molar refractivity (Wildman–Crippen MR) is 147 cm³/mol. The molecule has 0 spiro atoms. The van der Waals surface area contributed by atoms with Gasteiger partial charge >= 0.3 is 11.9 Å².